The quantitative estimate of drug-likeness (QED) is 0.489. The van der Waals surface area contributed by atoms with E-state index in [2.05, 4.69) is 27.1 Å². The molecule has 2 aromatic rings. The van der Waals surface area contributed by atoms with Gasteiger partial charge < -0.3 is 15.3 Å². The van der Waals surface area contributed by atoms with Crippen LogP contribution in [0.15, 0.2) is 36.7 Å². The maximum absolute atomic E-state index is 13.1. The lowest BCUT2D eigenvalue weighted by Crippen LogP contribution is -2.39. The molecule has 2 N–H and O–H groups in total. The third-order valence-corrected chi connectivity index (χ3v) is 8.53. The van der Waals surface area contributed by atoms with Crippen molar-refractivity contribution in [1.29, 1.82) is 0 Å². The first kappa shape index (κ1) is 29.8. The fraction of sp³-hybridized carbons (Fsp3) is 0.600. The molecule has 0 bridgehead atoms. The molecule has 0 radical (unpaired) electrons. The van der Waals surface area contributed by atoms with E-state index in [0.29, 0.717) is 36.7 Å². The molecule has 1 aromatic heterocycles. The summed E-state index contributed by atoms with van der Waals surface area (Å²) in [6.45, 7) is 9.22. The molecule has 5 rings (SSSR count). The highest BCUT2D eigenvalue weighted by Gasteiger charge is 2.43. The minimum Gasteiger partial charge on any atom is -0.465 e. The van der Waals surface area contributed by atoms with Gasteiger partial charge in [-0.05, 0) is 57.4 Å². The first-order chi connectivity index (χ1) is 19.0. The first-order valence-electron chi connectivity index (χ1n) is 14.3. The number of amides is 2. The number of nitrogens with zero attached hydrogens (tertiary/aromatic N) is 4. The highest BCUT2D eigenvalue weighted by Crippen LogP contribution is 2.35. The van der Waals surface area contributed by atoms with Crippen LogP contribution in [-0.2, 0) is 0 Å². The lowest BCUT2D eigenvalue weighted by Gasteiger charge is -2.30. The van der Waals surface area contributed by atoms with Crippen LogP contribution in [0.25, 0.3) is 0 Å². The molecule has 2 aliphatic heterocycles. The highest BCUT2D eigenvalue weighted by molar-refractivity contribution is 5.96. The summed E-state index contributed by atoms with van der Waals surface area (Å²) in [4.78, 5) is 37.2. The molecule has 3 aliphatic rings. The highest BCUT2D eigenvalue weighted by atomic mass is 19.3. The average molecular weight is 558 g/mol. The Hall–Kier alpha value is -3.14. The van der Waals surface area contributed by atoms with Crippen molar-refractivity contribution in [3.8, 4) is 0 Å². The number of benzene rings is 1. The molecule has 40 heavy (non-hydrogen) atoms. The lowest BCUT2D eigenvalue weighted by molar-refractivity contribution is -0.0337. The molecule has 1 saturated carbocycles. The van der Waals surface area contributed by atoms with E-state index in [4.69, 9.17) is 0 Å². The summed E-state index contributed by atoms with van der Waals surface area (Å²) in [5.41, 5.74) is 3.07. The summed E-state index contributed by atoms with van der Waals surface area (Å²) in [5.74, 6) is -1.41. The minimum absolute atomic E-state index is 0.0319. The van der Waals surface area contributed by atoms with Gasteiger partial charge in [-0.1, -0.05) is 36.8 Å². The summed E-state index contributed by atoms with van der Waals surface area (Å²) >= 11 is 0. The molecule has 0 spiro atoms. The predicted octanol–water partition coefficient (Wildman–Crippen LogP) is 5.47. The van der Waals surface area contributed by atoms with E-state index in [1.54, 1.807) is 0 Å². The molecule has 3 fully saturated rings. The second-order valence-electron chi connectivity index (χ2n) is 11.5. The molecule has 218 valence electrons. The van der Waals surface area contributed by atoms with E-state index < -0.39 is 12.0 Å². The van der Waals surface area contributed by atoms with Crippen LogP contribution in [-0.4, -0.2) is 75.0 Å². The van der Waals surface area contributed by atoms with Gasteiger partial charge in [0.15, 0.2) is 0 Å². The molecule has 3 unspecified atom stereocenters. The standard InChI is InChI=1S/C24H31N5O3.C6H10F2/c1-15(9-21(27-24(31)32)18-7-5-4-6-8-18)28-10-19-12-29(13-20(19)11-28)23(30)22-16(2)25-14-26-17(22)3;7-6(8)4-2-1-3-5-6/h4-8,14-15,19-21,27H,9-13H2,1-3H3,(H,31,32);1-5H2/t15-,19?,20?,21?;/m0./s1. The Kier molecular flexibility index (Phi) is 9.71. The number of likely N-dealkylation sites (tertiary alicyclic amines) is 2. The Morgan fingerprint density at radius 3 is 2.08 bits per heavy atom. The van der Waals surface area contributed by atoms with Gasteiger partial charge in [-0.25, -0.2) is 23.5 Å². The average Bonchev–Trinajstić information content (AvgIpc) is 3.49. The van der Waals surface area contributed by atoms with Crippen LogP contribution in [0.1, 0.15) is 78.8 Å². The lowest BCUT2D eigenvalue weighted by atomic mass is 9.97. The van der Waals surface area contributed by atoms with Crippen molar-refractivity contribution in [3.63, 3.8) is 0 Å². The summed E-state index contributed by atoms with van der Waals surface area (Å²) in [6, 6.07) is 9.72. The van der Waals surface area contributed by atoms with Gasteiger partial charge in [0.05, 0.1) is 23.0 Å². The van der Waals surface area contributed by atoms with Crippen LogP contribution >= 0.6 is 0 Å². The summed E-state index contributed by atoms with van der Waals surface area (Å²) in [6.07, 6.45) is 3.86. The molecule has 8 nitrogen and oxygen atoms in total. The Morgan fingerprint density at radius 1 is 1.00 bits per heavy atom. The van der Waals surface area contributed by atoms with Gasteiger partial charge in [-0.15, -0.1) is 0 Å². The molecule has 2 saturated heterocycles. The van der Waals surface area contributed by atoms with Crippen molar-refractivity contribution in [2.45, 2.75) is 77.3 Å². The number of carboxylic acid groups (broad SMARTS) is 1. The van der Waals surface area contributed by atoms with Gasteiger partial charge in [0.1, 0.15) is 6.33 Å². The number of carbonyl (C=O) groups is 2. The zero-order chi connectivity index (χ0) is 28.9. The summed E-state index contributed by atoms with van der Waals surface area (Å²) < 4.78 is 24.4. The number of hydrogen-bond acceptors (Lipinski definition) is 5. The van der Waals surface area contributed by atoms with E-state index in [1.165, 1.54) is 6.33 Å². The number of aromatic nitrogens is 2. The first-order valence-corrected chi connectivity index (χ1v) is 14.3. The van der Waals surface area contributed by atoms with Crippen LogP contribution < -0.4 is 5.32 Å². The van der Waals surface area contributed by atoms with E-state index >= 15 is 0 Å². The predicted molar refractivity (Wildman–Crippen MR) is 148 cm³/mol. The maximum Gasteiger partial charge on any atom is 0.405 e. The Bertz CT molecular complexity index is 1120. The number of fused-ring (bicyclic) bond motifs is 1. The summed E-state index contributed by atoms with van der Waals surface area (Å²) in [7, 11) is 0. The van der Waals surface area contributed by atoms with Crippen LogP contribution in [0.2, 0.25) is 0 Å². The van der Waals surface area contributed by atoms with Crippen LogP contribution in [0, 0.1) is 25.7 Å². The molecule has 4 atom stereocenters. The number of hydrogen-bond donors (Lipinski definition) is 2. The third-order valence-electron chi connectivity index (χ3n) is 8.53. The van der Waals surface area contributed by atoms with Crippen molar-refractivity contribution >= 4 is 12.0 Å². The van der Waals surface area contributed by atoms with Gasteiger partial charge in [-0.2, -0.15) is 0 Å². The van der Waals surface area contributed by atoms with Crippen molar-refractivity contribution in [3.05, 3.63) is 59.2 Å². The van der Waals surface area contributed by atoms with Gasteiger partial charge >= 0.3 is 6.09 Å². The Balaban J connectivity index is 0.000000398. The van der Waals surface area contributed by atoms with Crippen LogP contribution in [0.5, 0.6) is 0 Å². The number of aryl methyl sites for hydroxylation is 2. The SMILES string of the molecule is Cc1ncnc(C)c1C(=O)N1CC2CN([C@@H](C)CC(NC(=O)O)c3ccccc3)CC2C1.FC1(F)CCCCC1. The molecule has 2 amide bonds. The number of halogens is 2. The van der Waals surface area contributed by atoms with E-state index in [1.807, 2.05) is 49.1 Å². The third kappa shape index (κ3) is 7.53. The Labute approximate surface area is 235 Å². The Morgan fingerprint density at radius 2 is 1.57 bits per heavy atom. The van der Waals surface area contributed by atoms with Gasteiger partial charge in [-0.3, -0.25) is 9.69 Å². The smallest absolute Gasteiger partial charge is 0.405 e. The normalized spacial score (nSPS) is 23.5. The van der Waals surface area contributed by atoms with Gasteiger partial charge in [0.25, 0.3) is 5.91 Å². The fourth-order valence-electron chi connectivity index (χ4n) is 6.29. The second-order valence-corrected chi connectivity index (χ2v) is 11.5. The van der Waals surface area contributed by atoms with E-state index in [0.717, 1.165) is 49.6 Å². The number of rotatable bonds is 6. The molecule has 10 heteroatoms. The van der Waals surface area contributed by atoms with Crippen molar-refractivity contribution < 1.29 is 23.5 Å². The molecular formula is C30H41F2N5O3. The summed E-state index contributed by atoms with van der Waals surface area (Å²) in [5, 5.41) is 12.0. The van der Waals surface area contributed by atoms with E-state index in [-0.39, 0.29) is 30.8 Å². The largest absolute Gasteiger partial charge is 0.465 e. The van der Waals surface area contributed by atoms with Crippen LogP contribution in [0.4, 0.5) is 13.6 Å². The number of alkyl halides is 2. The second kappa shape index (κ2) is 13.0. The monoisotopic (exact) mass is 557 g/mol. The molecule has 1 aromatic carbocycles. The van der Waals surface area contributed by atoms with E-state index in [9.17, 15) is 23.5 Å². The van der Waals surface area contributed by atoms with Gasteiger partial charge in [0.2, 0.25) is 5.92 Å². The number of carbonyl (C=O) groups excluding carboxylic acids is 1. The van der Waals surface area contributed by atoms with Gasteiger partial charge in [0, 0.05) is 45.1 Å². The zero-order valence-electron chi connectivity index (χ0n) is 23.7. The number of nitrogens with one attached hydrogen (secondary N) is 1. The molecular weight excluding hydrogens is 516 g/mol. The van der Waals surface area contributed by atoms with Crippen molar-refractivity contribution in [1.82, 2.24) is 25.1 Å². The van der Waals surface area contributed by atoms with Crippen molar-refractivity contribution in [2.24, 2.45) is 11.8 Å². The van der Waals surface area contributed by atoms with Crippen molar-refractivity contribution in [2.75, 3.05) is 26.2 Å². The maximum atomic E-state index is 13.1. The minimum atomic E-state index is -2.32. The topological polar surface area (TPSA) is 98.7 Å². The fourth-order valence-corrected chi connectivity index (χ4v) is 6.29. The molecule has 1 aliphatic carbocycles. The molecule has 3 heterocycles. The van der Waals surface area contributed by atoms with Crippen LogP contribution in [0.3, 0.4) is 0 Å². The zero-order valence-corrected chi connectivity index (χ0v) is 23.7.